The number of benzene rings is 1. The standard InChI is InChI=1S/C11H20O2Si2.C8H28O12Si9.C5H12OSi.2CH4/c1-12-15(4,5)13-14(2,3)11-9-7-6-8-10-11;1-22-10-24(3)14-26(5)12-23(2,9-21)13-27(6)15-25(4,11-22)17-28(7,16-24)20-29(8,18-26)19-27;1-5-7(3,4)6-2;;/h6-10H,1-5H3;22H,1-8,21H3;5H,1H2,2-4H3;2*1H4. The molecule has 0 radical (unpaired) electrons. The molecule has 0 aromatic heterocycles. The van der Waals surface area contributed by atoms with Crippen molar-refractivity contribution in [1.82, 2.24) is 0 Å². The molecule has 4 aliphatic heterocycles. The summed E-state index contributed by atoms with van der Waals surface area (Å²) in [6.45, 7) is 30.7. The molecular weight excluding hydrogens is 889 g/mol. The number of rotatable bonds is 7. The van der Waals surface area contributed by atoms with Crippen molar-refractivity contribution in [3.63, 3.8) is 0 Å². The van der Waals surface area contributed by atoms with E-state index in [1.807, 2.05) is 18.3 Å². The van der Waals surface area contributed by atoms with Crippen LogP contribution in [0.25, 0.3) is 0 Å². The molecule has 6 bridgehead atoms. The molecule has 0 saturated carbocycles. The van der Waals surface area contributed by atoms with Gasteiger partial charge < -0.3 is 62.3 Å². The van der Waals surface area contributed by atoms with Gasteiger partial charge in [0.15, 0.2) is 0 Å². The first kappa shape index (κ1) is 52.0. The van der Waals surface area contributed by atoms with E-state index in [9.17, 15) is 0 Å². The monoisotopic (exact) mass is 956 g/mol. The molecule has 4 aliphatic rings. The summed E-state index contributed by atoms with van der Waals surface area (Å²) in [5.41, 5.74) is 1.91. The zero-order chi connectivity index (χ0) is 39.0. The summed E-state index contributed by atoms with van der Waals surface area (Å²) in [6, 6.07) is 10.5. The van der Waals surface area contributed by atoms with Crippen LogP contribution in [0, 0.1) is 0 Å². The van der Waals surface area contributed by atoms with Crippen molar-refractivity contribution in [2.24, 2.45) is 0 Å². The highest BCUT2D eigenvalue weighted by atomic mass is 28.6. The molecule has 4 atom stereocenters. The summed E-state index contributed by atoms with van der Waals surface area (Å²) in [5, 5.41) is 1.32. The third-order valence-electron chi connectivity index (χ3n) is 7.95. The molecule has 53 heavy (non-hydrogen) atoms. The smallest absolute Gasteiger partial charge is 0.432 e. The minimum Gasteiger partial charge on any atom is -0.432 e. The Balaban J connectivity index is 0.000000493. The third kappa shape index (κ3) is 14.6. The fraction of sp³-hybridized carbons (Fsp3) is 0.692. The van der Waals surface area contributed by atoms with Gasteiger partial charge in [0.1, 0.15) is 10.5 Å². The van der Waals surface area contributed by atoms with Crippen molar-refractivity contribution < 1.29 is 62.3 Å². The first-order valence-corrected chi connectivity index (χ1v) is 43.9. The van der Waals surface area contributed by atoms with Crippen molar-refractivity contribution in [3.05, 3.63) is 42.6 Å². The Morgan fingerprint density at radius 1 is 0.623 bits per heavy atom. The van der Waals surface area contributed by atoms with Gasteiger partial charge in [0.05, 0.1) is 0 Å². The molecular formula is C26H68O15Si12. The summed E-state index contributed by atoms with van der Waals surface area (Å²) in [7, 11) is -27.0. The molecule has 4 fully saturated rings. The minimum atomic E-state index is -3.43. The Kier molecular flexibility index (Phi) is 18.1. The number of hydrogen-bond acceptors (Lipinski definition) is 15. The van der Waals surface area contributed by atoms with Crippen LogP contribution in [0.1, 0.15) is 14.9 Å². The maximum atomic E-state index is 6.45. The highest BCUT2D eigenvalue weighted by Gasteiger charge is 2.73. The van der Waals surface area contributed by atoms with Crippen molar-refractivity contribution in [1.29, 1.82) is 0 Å². The highest BCUT2D eigenvalue weighted by molar-refractivity contribution is 6.99. The molecule has 0 N–H and O–H groups in total. The van der Waals surface area contributed by atoms with Gasteiger partial charge in [-0.3, -0.25) is 0 Å². The summed E-state index contributed by atoms with van der Waals surface area (Å²) in [4.78, 5) is 0. The molecule has 310 valence electrons. The van der Waals surface area contributed by atoms with Gasteiger partial charge in [-0.25, -0.2) is 0 Å². The quantitative estimate of drug-likeness (QED) is 0.351. The van der Waals surface area contributed by atoms with Gasteiger partial charge in [-0.05, 0) is 51.0 Å². The van der Waals surface area contributed by atoms with Crippen molar-refractivity contribution in [3.8, 4) is 0 Å². The molecule has 1 aromatic carbocycles. The first-order valence-electron chi connectivity index (χ1n) is 16.7. The lowest BCUT2D eigenvalue weighted by Crippen LogP contribution is -2.81. The zero-order valence-electron chi connectivity index (χ0n) is 33.4. The lowest BCUT2D eigenvalue weighted by atomic mass is 10.4. The summed E-state index contributed by atoms with van der Waals surface area (Å²) < 4.78 is 93.0. The van der Waals surface area contributed by atoms with E-state index >= 15 is 0 Å². The zero-order valence-corrected chi connectivity index (χ0v) is 46.5. The predicted molar refractivity (Wildman–Crippen MR) is 235 cm³/mol. The van der Waals surface area contributed by atoms with Crippen molar-refractivity contribution >= 4 is 112 Å². The van der Waals surface area contributed by atoms with Gasteiger partial charge in [-0.1, -0.05) is 50.9 Å². The van der Waals surface area contributed by atoms with Gasteiger partial charge in [-0.2, -0.15) is 0 Å². The van der Waals surface area contributed by atoms with Gasteiger partial charge in [0.2, 0.25) is 16.6 Å². The van der Waals surface area contributed by atoms with Crippen molar-refractivity contribution in [2.75, 3.05) is 14.2 Å². The topological polar surface area (TPSA) is 138 Å². The van der Waals surface area contributed by atoms with E-state index in [1.165, 1.54) is 5.19 Å². The molecule has 4 heterocycles. The molecule has 1 aromatic rings. The SMILES string of the molecule is C.C.C=C[Si](C)(C)OC.CO[Si](C)(C)O[Si](C)(C)c1ccccc1.C[SiH]1O[Si]2(C)O[Si]3(C)O[Si](C)(O[SiH3])O[Si]4(C)O[Si](C)(O1)O[Si](C)(O2)O[Si](C)(O3)O4. The summed E-state index contributed by atoms with van der Waals surface area (Å²) in [5.74, 6) is 0. The largest absolute Gasteiger partial charge is 0.475 e. The van der Waals surface area contributed by atoms with Crippen LogP contribution in [0.15, 0.2) is 42.6 Å². The van der Waals surface area contributed by atoms with Gasteiger partial charge in [-0.15, -0.1) is 6.58 Å². The van der Waals surface area contributed by atoms with Crippen LogP contribution in [0.2, 0.25) is 91.7 Å². The molecule has 5 rings (SSSR count). The van der Waals surface area contributed by atoms with E-state index in [2.05, 4.69) is 70.1 Å². The first-order chi connectivity index (χ1) is 23.0. The van der Waals surface area contributed by atoms with Gasteiger partial charge >= 0.3 is 79.5 Å². The average Bonchev–Trinajstić information content (AvgIpc) is 2.93. The maximum absolute atomic E-state index is 6.45. The van der Waals surface area contributed by atoms with Crippen LogP contribution in [0.4, 0.5) is 0 Å². The Morgan fingerprint density at radius 3 is 1.28 bits per heavy atom. The number of fused-ring (bicyclic) bond motifs is 4. The lowest BCUT2D eigenvalue weighted by Gasteiger charge is -2.56. The molecule has 27 heteroatoms. The summed E-state index contributed by atoms with van der Waals surface area (Å²) >= 11 is 0. The van der Waals surface area contributed by atoms with Crippen LogP contribution in [-0.2, 0) is 62.3 Å². The van der Waals surface area contributed by atoms with Gasteiger partial charge in [0, 0.05) is 60.0 Å². The fourth-order valence-electron chi connectivity index (χ4n) is 5.79. The minimum absolute atomic E-state index is 0. The van der Waals surface area contributed by atoms with E-state index < -0.39 is 96.1 Å². The van der Waals surface area contributed by atoms with Crippen LogP contribution in [0.3, 0.4) is 0 Å². The Bertz CT molecular complexity index is 1310. The second-order valence-electron chi connectivity index (χ2n) is 14.6. The molecule has 0 aliphatic carbocycles. The van der Waals surface area contributed by atoms with E-state index in [0.717, 1.165) is 0 Å². The van der Waals surface area contributed by atoms with Crippen LogP contribution in [-0.4, -0.2) is 121 Å². The number of hydrogen-bond donors (Lipinski definition) is 0. The molecule has 0 spiro atoms. The summed E-state index contributed by atoms with van der Waals surface area (Å²) in [6.07, 6.45) is 0. The van der Waals surface area contributed by atoms with Crippen LogP contribution in [0.5, 0.6) is 0 Å². The molecule has 4 unspecified atom stereocenters. The molecule has 4 saturated heterocycles. The highest BCUT2D eigenvalue weighted by Crippen LogP contribution is 2.43. The van der Waals surface area contributed by atoms with Crippen molar-refractivity contribution in [2.45, 2.75) is 107 Å². The fourth-order valence-corrected chi connectivity index (χ4v) is 55.2. The van der Waals surface area contributed by atoms with Crippen LogP contribution >= 0.6 is 0 Å². The van der Waals surface area contributed by atoms with Gasteiger partial charge in [0.25, 0.3) is 0 Å². The molecule has 15 nitrogen and oxygen atoms in total. The van der Waals surface area contributed by atoms with E-state index in [-0.39, 0.29) is 14.9 Å². The lowest BCUT2D eigenvalue weighted by molar-refractivity contribution is 0.0154. The van der Waals surface area contributed by atoms with E-state index in [1.54, 1.807) is 60.0 Å². The maximum Gasteiger partial charge on any atom is 0.475 e. The second kappa shape index (κ2) is 18.5. The average molecular weight is 958 g/mol. The Labute approximate surface area is 335 Å². The van der Waals surface area contributed by atoms with E-state index in [0.29, 0.717) is 10.5 Å². The third-order valence-corrected chi connectivity index (χ3v) is 52.4. The second-order valence-corrected chi connectivity index (χ2v) is 50.3. The van der Waals surface area contributed by atoms with E-state index in [4.69, 9.17) is 62.3 Å². The predicted octanol–water partition coefficient (Wildman–Crippen LogP) is 4.65. The Hall–Kier alpha value is 0.963. The normalized spacial score (nSPS) is 38.3. The Morgan fingerprint density at radius 2 is 0.981 bits per heavy atom. The molecule has 0 amide bonds. The van der Waals surface area contributed by atoms with Crippen LogP contribution < -0.4 is 5.19 Å².